The number of fused-ring (bicyclic) bond motifs is 2. The van der Waals surface area contributed by atoms with E-state index in [0.717, 1.165) is 17.0 Å². The van der Waals surface area contributed by atoms with Crippen LogP contribution in [0.3, 0.4) is 0 Å². The molecule has 5 rings (SSSR count). The van der Waals surface area contributed by atoms with Gasteiger partial charge in [-0.15, -0.1) is 11.3 Å². The van der Waals surface area contributed by atoms with Crippen molar-refractivity contribution in [3.63, 3.8) is 0 Å². The summed E-state index contributed by atoms with van der Waals surface area (Å²) in [5, 5.41) is 3.05. The average Bonchev–Trinajstić information content (AvgIpc) is 3.31. The number of pyridine rings is 1. The van der Waals surface area contributed by atoms with Crippen molar-refractivity contribution in [2.75, 3.05) is 23.7 Å². The average molecular weight is 500 g/mol. The van der Waals surface area contributed by atoms with E-state index >= 15 is 4.39 Å². The Morgan fingerprint density at radius 3 is 2.91 bits per heavy atom. The normalized spacial score (nSPS) is 22.1. The number of aryl methyl sites for hydroxylation is 2. The smallest absolute Gasteiger partial charge is 0.263 e. The summed E-state index contributed by atoms with van der Waals surface area (Å²) in [4.78, 5) is 29.3. The Bertz CT molecular complexity index is 1280. The van der Waals surface area contributed by atoms with Crippen molar-refractivity contribution in [3.8, 4) is 0 Å². The number of halogens is 1. The zero-order valence-corrected chi connectivity index (χ0v) is 20.9. The maximum absolute atomic E-state index is 15.1. The van der Waals surface area contributed by atoms with E-state index in [-0.39, 0.29) is 36.0 Å². The van der Waals surface area contributed by atoms with Gasteiger partial charge in [-0.05, 0) is 51.7 Å². The molecular weight excluding hydrogens is 469 g/mol. The van der Waals surface area contributed by atoms with Crippen molar-refractivity contribution < 1.29 is 13.9 Å². The molecule has 1 amide bonds. The third-order valence-corrected chi connectivity index (χ3v) is 7.57. The van der Waals surface area contributed by atoms with Gasteiger partial charge in [-0.3, -0.25) is 4.79 Å². The lowest BCUT2D eigenvalue weighted by atomic mass is 9.91. The molecule has 3 unspecified atom stereocenters. The summed E-state index contributed by atoms with van der Waals surface area (Å²) >= 11 is 1.23. The third-order valence-electron chi connectivity index (χ3n) is 6.48. The van der Waals surface area contributed by atoms with Gasteiger partial charge in [-0.1, -0.05) is 0 Å². The van der Waals surface area contributed by atoms with E-state index in [4.69, 9.17) is 16.2 Å². The predicted molar refractivity (Wildman–Crippen MR) is 134 cm³/mol. The molecule has 0 bridgehead atoms. The first kappa shape index (κ1) is 23.8. The van der Waals surface area contributed by atoms with Crippen LogP contribution in [-0.2, 0) is 17.6 Å². The molecule has 0 radical (unpaired) electrons. The van der Waals surface area contributed by atoms with Crippen LogP contribution < -0.4 is 21.7 Å². The molecule has 0 aromatic carbocycles. The molecule has 3 aromatic rings. The quantitative estimate of drug-likeness (QED) is 0.487. The first-order chi connectivity index (χ1) is 16.7. The van der Waals surface area contributed by atoms with Gasteiger partial charge in [0.05, 0.1) is 29.6 Å². The Hall–Kier alpha value is -2.89. The fourth-order valence-corrected chi connectivity index (χ4v) is 5.83. The van der Waals surface area contributed by atoms with Crippen LogP contribution in [-0.4, -0.2) is 58.2 Å². The molecule has 5 N–H and O–H groups in total. The van der Waals surface area contributed by atoms with Crippen LogP contribution in [0, 0.1) is 12.7 Å². The fraction of sp³-hybridized carbons (Fsp3) is 0.500. The second-order valence-corrected chi connectivity index (χ2v) is 10.6. The number of hydrogen-bond acceptors (Lipinski definition) is 9. The number of thiophene rings is 1. The molecule has 186 valence electrons. The molecule has 35 heavy (non-hydrogen) atoms. The molecule has 9 nitrogen and oxygen atoms in total. The predicted octanol–water partition coefficient (Wildman–Crippen LogP) is 2.34. The lowest BCUT2D eigenvalue weighted by molar-refractivity contribution is 0.0127. The molecule has 2 aliphatic rings. The van der Waals surface area contributed by atoms with Gasteiger partial charge in [0.2, 0.25) is 0 Å². The number of hydrogen-bond donors (Lipinski definition) is 3. The summed E-state index contributed by atoms with van der Waals surface area (Å²) in [6.45, 7) is 6.79. The largest absolute Gasteiger partial charge is 0.396 e. The van der Waals surface area contributed by atoms with Crippen molar-refractivity contribution in [1.82, 2.24) is 20.3 Å². The topological polar surface area (TPSA) is 132 Å². The van der Waals surface area contributed by atoms with Gasteiger partial charge < -0.3 is 26.4 Å². The Morgan fingerprint density at radius 2 is 2.14 bits per heavy atom. The molecular formula is C24H30FN7O2S. The second-order valence-electron chi connectivity index (χ2n) is 9.61. The van der Waals surface area contributed by atoms with Gasteiger partial charge in [-0.2, -0.15) is 0 Å². The maximum atomic E-state index is 15.1. The van der Waals surface area contributed by atoms with E-state index < -0.39 is 0 Å². The molecule has 3 aromatic heterocycles. The Labute approximate surface area is 207 Å². The van der Waals surface area contributed by atoms with Crippen LogP contribution in [0.15, 0.2) is 12.3 Å². The number of amides is 1. The highest BCUT2D eigenvalue weighted by atomic mass is 32.1. The third kappa shape index (κ3) is 4.67. The molecule has 0 saturated carbocycles. The highest BCUT2D eigenvalue weighted by Crippen LogP contribution is 2.32. The van der Waals surface area contributed by atoms with Crippen LogP contribution in [0.4, 0.5) is 15.9 Å². The van der Waals surface area contributed by atoms with E-state index in [0.29, 0.717) is 59.1 Å². The number of carbonyl (C=O) groups excluding carboxylic acids is 1. The number of anilines is 2. The van der Waals surface area contributed by atoms with Crippen molar-refractivity contribution in [2.24, 2.45) is 5.73 Å². The zero-order valence-electron chi connectivity index (χ0n) is 20.0. The number of rotatable bonds is 5. The van der Waals surface area contributed by atoms with Crippen LogP contribution in [0.5, 0.6) is 0 Å². The van der Waals surface area contributed by atoms with Gasteiger partial charge in [0.15, 0.2) is 11.6 Å². The molecule has 1 fully saturated rings. The number of carbonyl (C=O) groups is 1. The van der Waals surface area contributed by atoms with Gasteiger partial charge in [0, 0.05) is 31.0 Å². The minimum Gasteiger partial charge on any atom is -0.396 e. The monoisotopic (exact) mass is 499 g/mol. The van der Waals surface area contributed by atoms with E-state index in [1.807, 2.05) is 25.7 Å². The summed E-state index contributed by atoms with van der Waals surface area (Å²) in [6.07, 6.45) is 3.39. The van der Waals surface area contributed by atoms with Crippen LogP contribution in [0.2, 0.25) is 0 Å². The summed E-state index contributed by atoms with van der Waals surface area (Å²) in [5.74, 6) is -0.315. The van der Waals surface area contributed by atoms with Crippen LogP contribution in [0.25, 0.3) is 10.3 Å². The van der Waals surface area contributed by atoms with Crippen LogP contribution in [0.1, 0.15) is 46.9 Å². The molecule has 1 aliphatic heterocycles. The van der Waals surface area contributed by atoms with Crippen molar-refractivity contribution >= 4 is 39.1 Å². The highest BCUT2D eigenvalue weighted by molar-refractivity contribution is 7.21. The van der Waals surface area contributed by atoms with Gasteiger partial charge >= 0.3 is 0 Å². The molecule has 3 atom stereocenters. The number of nitrogens with one attached hydrogen (secondary N) is 1. The standard InChI is InChI=1S/C24H30FN7O2S/c1-11(2)34-18-10-32(9-16(18)26)22-15(25)7-13-6-14(4-5-17(13)31-22)30-23(33)21-19(27)20-24(35-21)29-12(3)8-28-20/h7-8,11,14,16,18H,4-6,9-10,26-27H2,1-3H3,(H,30,33). The summed E-state index contributed by atoms with van der Waals surface area (Å²) in [6, 6.07) is 1.21. The highest BCUT2D eigenvalue weighted by Gasteiger charge is 2.34. The SMILES string of the molecule is Cc1cnc2c(N)c(C(=O)NC3CCc4nc(N5CC(N)C(OC(C)C)C5)c(F)cc4C3)sc2n1. The number of nitrogens with two attached hydrogens (primary N) is 2. The first-order valence-electron chi connectivity index (χ1n) is 11.9. The Morgan fingerprint density at radius 1 is 1.34 bits per heavy atom. The number of nitrogen functional groups attached to an aromatic ring is 1. The Kier molecular flexibility index (Phi) is 6.32. The van der Waals surface area contributed by atoms with Crippen molar-refractivity contribution in [3.05, 3.63) is 39.9 Å². The number of aromatic nitrogens is 3. The zero-order chi connectivity index (χ0) is 24.9. The van der Waals surface area contributed by atoms with Crippen LogP contribution >= 0.6 is 11.3 Å². The summed E-state index contributed by atoms with van der Waals surface area (Å²) in [7, 11) is 0. The molecule has 4 heterocycles. The lowest BCUT2D eigenvalue weighted by Gasteiger charge is -2.27. The molecule has 11 heteroatoms. The number of ether oxygens (including phenoxy) is 1. The minimum absolute atomic E-state index is 0.0547. The molecule has 1 aliphatic carbocycles. The lowest BCUT2D eigenvalue weighted by Crippen LogP contribution is -2.39. The van der Waals surface area contributed by atoms with E-state index in [1.165, 1.54) is 11.3 Å². The maximum Gasteiger partial charge on any atom is 0.263 e. The minimum atomic E-state index is -0.380. The summed E-state index contributed by atoms with van der Waals surface area (Å²) < 4.78 is 21.0. The number of nitrogens with zero attached hydrogens (tertiary/aromatic N) is 4. The fourth-order valence-electron chi connectivity index (χ4n) is 4.83. The van der Waals surface area contributed by atoms with Gasteiger partial charge in [-0.25, -0.2) is 19.3 Å². The van der Waals surface area contributed by atoms with E-state index in [2.05, 4.69) is 20.3 Å². The van der Waals surface area contributed by atoms with Crippen molar-refractivity contribution in [1.29, 1.82) is 0 Å². The van der Waals surface area contributed by atoms with Gasteiger partial charge in [0.25, 0.3) is 5.91 Å². The van der Waals surface area contributed by atoms with Gasteiger partial charge in [0.1, 0.15) is 15.2 Å². The van der Waals surface area contributed by atoms with Crippen molar-refractivity contribution in [2.45, 2.75) is 64.3 Å². The summed E-state index contributed by atoms with van der Waals surface area (Å²) in [5.41, 5.74) is 15.7. The van der Waals surface area contributed by atoms with E-state index in [9.17, 15) is 4.79 Å². The Balaban J connectivity index is 1.29. The molecule has 0 spiro atoms. The second kappa shape index (κ2) is 9.29. The first-order valence-corrected chi connectivity index (χ1v) is 12.7. The molecule has 1 saturated heterocycles. The van der Waals surface area contributed by atoms with E-state index in [1.54, 1.807) is 12.3 Å².